The topological polar surface area (TPSA) is 116 Å². The lowest BCUT2D eigenvalue weighted by Gasteiger charge is -2.37. The summed E-state index contributed by atoms with van der Waals surface area (Å²) >= 11 is 0. The Bertz CT molecular complexity index is 1320. The van der Waals surface area contributed by atoms with E-state index in [1.54, 1.807) is 11.2 Å². The number of fused-ring (bicyclic) bond motifs is 2. The van der Waals surface area contributed by atoms with Gasteiger partial charge in [-0.05, 0) is 50.8 Å². The second kappa shape index (κ2) is 8.42. The average molecular weight is 512 g/mol. The number of sulfonamides is 1. The van der Waals surface area contributed by atoms with Gasteiger partial charge in [0.25, 0.3) is 0 Å². The third-order valence-electron chi connectivity index (χ3n) is 6.67. The molecule has 1 saturated carbocycles. The van der Waals surface area contributed by atoms with Crippen LogP contribution in [0.5, 0.6) is 17.5 Å². The minimum atomic E-state index is -3.55. The molecule has 0 N–H and O–H groups in total. The van der Waals surface area contributed by atoms with Crippen molar-refractivity contribution < 1.29 is 30.7 Å². The summed E-state index contributed by atoms with van der Waals surface area (Å²) in [5.41, 5.74) is 0.467. The first-order valence-corrected chi connectivity index (χ1v) is 14.6. The van der Waals surface area contributed by atoms with Crippen LogP contribution in [0.15, 0.2) is 29.4 Å². The SMILES string of the molecule is Cc1c(Oc2ccc(S(C)(=O)=O)cc2F)ncnc1OC1CC2CCC(C1)N2S(=O)(=O)C1CC1. The van der Waals surface area contributed by atoms with E-state index >= 15 is 0 Å². The summed E-state index contributed by atoms with van der Waals surface area (Å²) in [6.07, 6.45) is 6.38. The molecule has 0 radical (unpaired) electrons. The predicted octanol–water partition coefficient (Wildman–Crippen LogP) is 2.99. The van der Waals surface area contributed by atoms with Crippen molar-refractivity contribution in [3.8, 4) is 17.5 Å². The van der Waals surface area contributed by atoms with Gasteiger partial charge in [0.05, 0.1) is 15.7 Å². The number of aromatic nitrogens is 2. The molecular weight excluding hydrogens is 485 g/mol. The van der Waals surface area contributed by atoms with Crippen molar-refractivity contribution in [2.75, 3.05) is 6.26 Å². The van der Waals surface area contributed by atoms with Gasteiger partial charge in [0.2, 0.25) is 21.8 Å². The average Bonchev–Trinajstić information content (AvgIpc) is 3.57. The van der Waals surface area contributed by atoms with Gasteiger partial charge in [0.15, 0.2) is 21.4 Å². The van der Waals surface area contributed by atoms with Crippen LogP contribution >= 0.6 is 0 Å². The van der Waals surface area contributed by atoms with Gasteiger partial charge in [0, 0.05) is 31.2 Å². The smallest absolute Gasteiger partial charge is 0.229 e. The molecule has 0 amide bonds. The molecular formula is C22H26FN3O6S2. The van der Waals surface area contributed by atoms with Crippen LogP contribution in [0.1, 0.15) is 44.1 Å². The number of halogens is 1. The fourth-order valence-electron chi connectivity index (χ4n) is 4.83. The van der Waals surface area contributed by atoms with Crippen LogP contribution in [0.2, 0.25) is 0 Å². The fourth-order valence-corrected chi connectivity index (χ4v) is 7.75. The maximum atomic E-state index is 14.4. The quantitative estimate of drug-likeness (QED) is 0.557. The molecule has 12 heteroatoms. The van der Waals surface area contributed by atoms with Crippen LogP contribution < -0.4 is 9.47 Å². The van der Waals surface area contributed by atoms with Gasteiger partial charge in [-0.1, -0.05) is 0 Å². The maximum Gasteiger partial charge on any atom is 0.229 e. The second-order valence-corrected chi connectivity index (χ2v) is 13.4. The Balaban J connectivity index is 1.31. The van der Waals surface area contributed by atoms with Gasteiger partial charge >= 0.3 is 0 Å². The molecule has 3 fully saturated rings. The van der Waals surface area contributed by atoms with E-state index in [4.69, 9.17) is 9.47 Å². The van der Waals surface area contributed by atoms with Crippen LogP contribution in [-0.2, 0) is 19.9 Å². The lowest BCUT2D eigenvalue weighted by molar-refractivity contribution is 0.0906. The van der Waals surface area contributed by atoms with Crippen molar-refractivity contribution in [3.05, 3.63) is 35.9 Å². The lowest BCUT2D eigenvalue weighted by Crippen LogP contribution is -2.50. The summed E-state index contributed by atoms with van der Waals surface area (Å²) < 4.78 is 76.8. The Kier molecular flexibility index (Phi) is 5.80. The summed E-state index contributed by atoms with van der Waals surface area (Å²) in [6.45, 7) is 1.69. The van der Waals surface area contributed by atoms with Crippen molar-refractivity contribution >= 4 is 19.9 Å². The molecule has 2 aliphatic heterocycles. The largest absolute Gasteiger partial charge is 0.474 e. The Morgan fingerprint density at radius 1 is 1.00 bits per heavy atom. The lowest BCUT2D eigenvalue weighted by atomic mass is 10.0. The van der Waals surface area contributed by atoms with Crippen LogP contribution in [0.3, 0.4) is 0 Å². The number of ether oxygens (including phenoxy) is 2. The molecule has 1 aliphatic carbocycles. The van der Waals surface area contributed by atoms with Crippen LogP contribution in [0.4, 0.5) is 4.39 Å². The van der Waals surface area contributed by atoms with Crippen molar-refractivity contribution in [2.45, 2.75) is 73.8 Å². The molecule has 2 unspecified atom stereocenters. The molecule has 2 bridgehead atoms. The van der Waals surface area contributed by atoms with E-state index in [2.05, 4.69) is 9.97 Å². The number of piperidine rings is 1. The number of sulfone groups is 1. The van der Waals surface area contributed by atoms with Gasteiger partial charge in [-0.25, -0.2) is 31.2 Å². The zero-order valence-electron chi connectivity index (χ0n) is 18.8. The number of benzene rings is 1. The van der Waals surface area contributed by atoms with Gasteiger partial charge < -0.3 is 9.47 Å². The predicted molar refractivity (Wildman–Crippen MR) is 121 cm³/mol. The Hall–Kier alpha value is -2.31. The molecule has 5 rings (SSSR count). The van der Waals surface area contributed by atoms with E-state index in [0.717, 1.165) is 38.0 Å². The minimum Gasteiger partial charge on any atom is -0.474 e. The van der Waals surface area contributed by atoms with E-state index in [0.29, 0.717) is 24.3 Å². The van der Waals surface area contributed by atoms with E-state index in [1.165, 1.54) is 18.5 Å². The van der Waals surface area contributed by atoms with E-state index < -0.39 is 25.7 Å². The molecule has 184 valence electrons. The first-order valence-electron chi connectivity index (χ1n) is 11.2. The van der Waals surface area contributed by atoms with Crippen LogP contribution in [-0.4, -0.2) is 60.8 Å². The van der Waals surface area contributed by atoms with Crippen molar-refractivity contribution in [3.63, 3.8) is 0 Å². The maximum absolute atomic E-state index is 14.4. The Morgan fingerprint density at radius 3 is 2.24 bits per heavy atom. The third kappa shape index (κ3) is 4.38. The molecule has 1 aromatic heterocycles. The Morgan fingerprint density at radius 2 is 1.65 bits per heavy atom. The normalized spacial score (nSPS) is 25.3. The zero-order chi connectivity index (χ0) is 24.3. The van der Waals surface area contributed by atoms with Crippen molar-refractivity contribution in [1.82, 2.24) is 14.3 Å². The summed E-state index contributed by atoms with van der Waals surface area (Å²) in [6, 6.07) is 3.28. The first kappa shape index (κ1) is 23.4. The molecule has 3 aliphatic rings. The monoisotopic (exact) mass is 511 g/mol. The van der Waals surface area contributed by atoms with Crippen LogP contribution in [0.25, 0.3) is 0 Å². The number of hydrogen-bond acceptors (Lipinski definition) is 8. The summed E-state index contributed by atoms with van der Waals surface area (Å²) in [5, 5.41) is -0.219. The summed E-state index contributed by atoms with van der Waals surface area (Å²) in [4.78, 5) is 8.12. The molecule has 1 aromatic carbocycles. The molecule has 2 saturated heterocycles. The first-order chi connectivity index (χ1) is 16.0. The standard InChI is InChI=1S/C22H26FN3O6S2/c1-13-21(24-12-25-22(13)32-20-8-7-18(11-19(20)23)33(2,27)28)31-16-9-14-3-4-15(10-16)26(14)34(29,30)17-5-6-17/h7-8,11-12,14-17H,3-6,9-10H2,1-2H3. The van der Waals surface area contributed by atoms with Gasteiger partial charge in [-0.15, -0.1) is 0 Å². The molecule has 34 heavy (non-hydrogen) atoms. The molecule has 2 aromatic rings. The van der Waals surface area contributed by atoms with Gasteiger partial charge in [0.1, 0.15) is 12.4 Å². The van der Waals surface area contributed by atoms with Crippen molar-refractivity contribution in [2.24, 2.45) is 0 Å². The molecule has 0 spiro atoms. The van der Waals surface area contributed by atoms with Crippen molar-refractivity contribution in [1.29, 1.82) is 0 Å². The molecule has 3 heterocycles. The van der Waals surface area contributed by atoms with E-state index in [9.17, 15) is 21.2 Å². The Labute approximate surface area is 198 Å². The van der Waals surface area contributed by atoms with E-state index in [1.807, 2.05) is 0 Å². The number of hydrogen-bond donors (Lipinski definition) is 0. The zero-order valence-corrected chi connectivity index (χ0v) is 20.5. The van der Waals surface area contributed by atoms with Gasteiger partial charge in [-0.3, -0.25) is 0 Å². The fraction of sp³-hybridized carbons (Fsp3) is 0.545. The molecule has 2 atom stereocenters. The van der Waals surface area contributed by atoms with Gasteiger partial charge in [-0.2, -0.15) is 4.31 Å². The highest BCUT2D eigenvalue weighted by molar-refractivity contribution is 7.90. The highest BCUT2D eigenvalue weighted by Crippen LogP contribution is 2.44. The third-order valence-corrected chi connectivity index (χ3v) is 10.3. The summed E-state index contributed by atoms with van der Waals surface area (Å²) in [5.74, 6) is -0.616. The van der Waals surface area contributed by atoms with E-state index in [-0.39, 0.29) is 40.0 Å². The molecule has 9 nitrogen and oxygen atoms in total. The second-order valence-electron chi connectivity index (χ2n) is 9.25. The highest BCUT2D eigenvalue weighted by Gasteiger charge is 2.52. The highest BCUT2D eigenvalue weighted by atomic mass is 32.2. The summed E-state index contributed by atoms with van der Waals surface area (Å²) in [7, 11) is -6.78. The number of rotatable bonds is 7. The minimum absolute atomic E-state index is 0.0605. The number of nitrogens with zero attached hydrogens (tertiary/aromatic N) is 3. The van der Waals surface area contributed by atoms with Crippen LogP contribution in [0, 0.1) is 12.7 Å².